The Hall–Kier alpha value is -1.12. The molecule has 0 aromatic heterocycles. The lowest BCUT2D eigenvalue weighted by Gasteiger charge is -2.18. The molecule has 0 saturated heterocycles. The van der Waals surface area contributed by atoms with Gasteiger partial charge in [-0.15, -0.1) is 0 Å². The molecule has 1 N–H and O–H groups in total. The SMILES string of the molecule is CC(=CC(=O)C1CCCCC1)C(=O)O. The predicted octanol–water partition coefficient (Wildman–Crippen LogP) is 2.17. The topological polar surface area (TPSA) is 54.4 Å². The van der Waals surface area contributed by atoms with Gasteiger partial charge in [-0.3, -0.25) is 4.79 Å². The molecule has 1 aliphatic rings. The molecule has 0 unspecified atom stereocenters. The fraction of sp³-hybridized carbons (Fsp3) is 0.636. The molecule has 1 aliphatic carbocycles. The van der Waals surface area contributed by atoms with Crippen molar-refractivity contribution in [1.82, 2.24) is 0 Å². The number of hydrogen-bond acceptors (Lipinski definition) is 2. The van der Waals surface area contributed by atoms with Gasteiger partial charge in [-0.05, 0) is 25.8 Å². The Morgan fingerprint density at radius 2 is 1.79 bits per heavy atom. The van der Waals surface area contributed by atoms with Gasteiger partial charge in [-0.2, -0.15) is 0 Å². The summed E-state index contributed by atoms with van der Waals surface area (Å²) in [6.45, 7) is 1.46. The minimum absolute atomic E-state index is 0.00963. The van der Waals surface area contributed by atoms with Crippen molar-refractivity contribution in [3.63, 3.8) is 0 Å². The minimum atomic E-state index is -1.01. The second kappa shape index (κ2) is 4.94. The first-order chi connectivity index (χ1) is 6.61. The molecule has 1 rings (SSSR count). The summed E-state index contributed by atoms with van der Waals surface area (Å²) in [5.41, 5.74) is 0.139. The summed E-state index contributed by atoms with van der Waals surface area (Å²) < 4.78 is 0. The van der Waals surface area contributed by atoms with Crippen LogP contribution in [0.1, 0.15) is 39.0 Å². The van der Waals surface area contributed by atoms with Crippen LogP contribution in [0.15, 0.2) is 11.6 Å². The highest BCUT2D eigenvalue weighted by Gasteiger charge is 2.19. The smallest absolute Gasteiger partial charge is 0.331 e. The van der Waals surface area contributed by atoms with E-state index in [0.29, 0.717) is 0 Å². The fourth-order valence-electron chi connectivity index (χ4n) is 1.78. The Bertz CT molecular complexity index is 260. The fourth-order valence-corrected chi connectivity index (χ4v) is 1.78. The van der Waals surface area contributed by atoms with Crippen LogP contribution in [-0.4, -0.2) is 16.9 Å². The highest BCUT2D eigenvalue weighted by molar-refractivity contribution is 5.99. The molecule has 0 aromatic carbocycles. The van der Waals surface area contributed by atoms with Gasteiger partial charge in [-0.25, -0.2) is 4.79 Å². The maximum absolute atomic E-state index is 11.6. The number of carboxylic acid groups (broad SMARTS) is 1. The summed E-state index contributed by atoms with van der Waals surface area (Å²) >= 11 is 0. The Balaban J connectivity index is 2.56. The molecule has 1 fully saturated rings. The predicted molar refractivity (Wildman–Crippen MR) is 53.0 cm³/mol. The van der Waals surface area contributed by atoms with Crippen molar-refractivity contribution < 1.29 is 14.7 Å². The van der Waals surface area contributed by atoms with E-state index in [-0.39, 0.29) is 17.3 Å². The van der Waals surface area contributed by atoms with Crippen LogP contribution in [0.2, 0.25) is 0 Å². The molecule has 0 aliphatic heterocycles. The lowest BCUT2D eigenvalue weighted by atomic mass is 9.86. The van der Waals surface area contributed by atoms with E-state index in [4.69, 9.17) is 5.11 Å². The van der Waals surface area contributed by atoms with Crippen LogP contribution in [0.4, 0.5) is 0 Å². The normalized spacial score (nSPS) is 19.4. The highest BCUT2D eigenvalue weighted by Crippen LogP contribution is 2.24. The van der Waals surface area contributed by atoms with Gasteiger partial charge in [0.2, 0.25) is 0 Å². The molecule has 0 atom stereocenters. The van der Waals surface area contributed by atoms with E-state index in [0.717, 1.165) is 25.7 Å². The molecule has 0 amide bonds. The van der Waals surface area contributed by atoms with Crippen molar-refractivity contribution in [2.45, 2.75) is 39.0 Å². The van der Waals surface area contributed by atoms with Crippen LogP contribution < -0.4 is 0 Å². The molecular formula is C11H16O3. The molecule has 0 heterocycles. The van der Waals surface area contributed by atoms with Crippen molar-refractivity contribution in [2.24, 2.45) is 5.92 Å². The van der Waals surface area contributed by atoms with Gasteiger partial charge in [0.1, 0.15) is 0 Å². The number of aliphatic carboxylic acids is 1. The molecule has 78 valence electrons. The van der Waals surface area contributed by atoms with E-state index in [1.807, 2.05) is 0 Å². The Kier molecular flexibility index (Phi) is 3.86. The Morgan fingerprint density at radius 3 is 2.29 bits per heavy atom. The van der Waals surface area contributed by atoms with Gasteiger partial charge >= 0.3 is 5.97 Å². The monoisotopic (exact) mass is 196 g/mol. The molecule has 0 aromatic rings. The number of carboxylic acids is 1. The van der Waals surface area contributed by atoms with Crippen LogP contribution in [0, 0.1) is 5.92 Å². The van der Waals surface area contributed by atoms with Crippen LogP contribution in [0.25, 0.3) is 0 Å². The highest BCUT2D eigenvalue weighted by atomic mass is 16.4. The van der Waals surface area contributed by atoms with E-state index in [2.05, 4.69) is 0 Å². The number of rotatable bonds is 3. The molecule has 3 nitrogen and oxygen atoms in total. The molecule has 14 heavy (non-hydrogen) atoms. The van der Waals surface area contributed by atoms with Crippen LogP contribution in [-0.2, 0) is 9.59 Å². The largest absolute Gasteiger partial charge is 0.478 e. The van der Waals surface area contributed by atoms with Gasteiger partial charge in [0.25, 0.3) is 0 Å². The molecular weight excluding hydrogens is 180 g/mol. The zero-order chi connectivity index (χ0) is 10.6. The Labute approximate surface area is 83.8 Å². The molecule has 3 heteroatoms. The first kappa shape index (κ1) is 11.0. The zero-order valence-electron chi connectivity index (χ0n) is 8.45. The lowest BCUT2D eigenvalue weighted by molar-refractivity contribution is -0.133. The van der Waals surface area contributed by atoms with Gasteiger partial charge in [-0.1, -0.05) is 19.3 Å². The lowest BCUT2D eigenvalue weighted by Crippen LogP contribution is -2.16. The van der Waals surface area contributed by atoms with Crippen molar-refractivity contribution in [3.05, 3.63) is 11.6 Å². The maximum Gasteiger partial charge on any atom is 0.331 e. The molecule has 1 saturated carbocycles. The zero-order valence-corrected chi connectivity index (χ0v) is 8.45. The summed E-state index contributed by atoms with van der Waals surface area (Å²) in [7, 11) is 0. The third-order valence-corrected chi connectivity index (χ3v) is 2.70. The number of carbonyl (C=O) groups excluding carboxylic acids is 1. The summed E-state index contributed by atoms with van der Waals surface area (Å²) in [4.78, 5) is 22.1. The van der Waals surface area contributed by atoms with Crippen molar-refractivity contribution in [2.75, 3.05) is 0 Å². The van der Waals surface area contributed by atoms with Crippen LogP contribution >= 0.6 is 0 Å². The third kappa shape index (κ3) is 2.98. The second-order valence-corrected chi connectivity index (χ2v) is 3.87. The Morgan fingerprint density at radius 1 is 1.21 bits per heavy atom. The summed E-state index contributed by atoms with van der Waals surface area (Å²) in [5, 5.41) is 8.61. The van der Waals surface area contributed by atoms with Crippen molar-refractivity contribution >= 4 is 11.8 Å². The summed E-state index contributed by atoms with van der Waals surface area (Å²) in [6, 6.07) is 0. The number of hydrogen-bond donors (Lipinski definition) is 1. The van der Waals surface area contributed by atoms with E-state index in [9.17, 15) is 9.59 Å². The average molecular weight is 196 g/mol. The van der Waals surface area contributed by atoms with Crippen LogP contribution in [0.3, 0.4) is 0 Å². The van der Waals surface area contributed by atoms with E-state index in [1.54, 1.807) is 0 Å². The number of ketones is 1. The quantitative estimate of drug-likeness (QED) is 0.704. The molecule has 0 spiro atoms. The van der Waals surface area contributed by atoms with E-state index >= 15 is 0 Å². The molecule has 0 radical (unpaired) electrons. The van der Waals surface area contributed by atoms with Gasteiger partial charge < -0.3 is 5.11 Å². The number of carbonyl (C=O) groups is 2. The second-order valence-electron chi connectivity index (χ2n) is 3.87. The summed E-state index contributed by atoms with van der Waals surface area (Å²) in [6.07, 6.45) is 6.50. The van der Waals surface area contributed by atoms with E-state index in [1.165, 1.54) is 19.4 Å². The standard InChI is InChI=1S/C11H16O3/c1-8(11(13)14)7-10(12)9-5-3-2-4-6-9/h7,9H,2-6H2,1H3,(H,13,14). The maximum atomic E-state index is 11.6. The first-order valence-electron chi connectivity index (χ1n) is 5.06. The summed E-state index contributed by atoms with van der Waals surface area (Å²) in [5.74, 6) is -0.947. The van der Waals surface area contributed by atoms with E-state index < -0.39 is 5.97 Å². The van der Waals surface area contributed by atoms with Gasteiger partial charge in [0.05, 0.1) is 0 Å². The third-order valence-electron chi connectivity index (χ3n) is 2.70. The minimum Gasteiger partial charge on any atom is -0.478 e. The molecule has 0 bridgehead atoms. The van der Waals surface area contributed by atoms with Crippen LogP contribution in [0.5, 0.6) is 0 Å². The average Bonchev–Trinajstić information content (AvgIpc) is 2.19. The first-order valence-corrected chi connectivity index (χ1v) is 5.06. The van der Waals surface area contributed by atoms with Gasteiger partial charge in [0.15, 0.2) is 5.78 Å². The van der Waals surface area contributed by atoms with Crippen molar-refractivity contribution in [1.29, 1.82) is 0 Å². The number of allylic oxidation sites excluding steroid dienone is 1. The van der Waals surface area contributed by atoms with Gasteiger partial charge in [0, 0.05) is 11.5 Å². The van der Waals surface area contributed by atoms with Crippen molar-refractivity contribution in [3.8, 4) is 0 Å².